The third-order valence-corrected chi connectivity index (χ3v) is 6.55. The highest BCUT2D eigenvalue weighted by Crippen LogP contribution is 2.44. The van der Waals surface area contributed by atoms with E-state index < -0.39 is 0 Å². The maximum Gasteiger partial charge on any atom is 0.230 e. The summed E-state index contributed by atoms with van der Waals surface area (Å²) in [5.74, 6) is 2.18. The lowest BCUT2D eigenvalue weighted by molar-refractivity contribution is 0.0937. The number of thiazole rings is 1. The summed E-state index contributed by atoms with van der Waals surface area (Å²) in [6.07, 6.45) is 0. The zero-order chi connectivity index (χ0) is 21.3. The van der Waals surface area contributed by atoms with E-state index in [1.54, 1.807) is 14.2 Å². The number of aromatic nitrogens is 3. The first-order valence-electron chi connectivity index (χ1n) is 9.90. The van der Waals surface area contributed by atoms with Crippen LogP contribution in [0.4, 0.5) is 0 Å². The van der Waals surface area contributed by atoms with Gasteiger partial charge in [0, 0.05) is 38.3 Å². The van der Waals surface area contributed by atoms with Gasteiger partial charge in [-0.2, -0.15) is 4.52 Å². The summed E-state index contributed by atoms with van der Waals surface area (Å²) >= 11 is 1.43. The molecule has 162 valence electrons. The van der Waals surface area contributed by atoms with Gasteiger partial charge < -0.3 is 19.7 Å². The van der Waals surface area contributed by atoms with Gasteiger partial charge in [-0.25, -0.2) is 4.98 Å². The summed E-state index contributed by atoms with van der Waals surface area (Å²) in [5, 5.41) is 24.6. The van der Waals surface area contributed by atoms with Gasteiger partial charge >= 0.3 is 0 Å². The Bertz CT molecular complexity index is 1010. The second kappa shape index (κ2) is 8.76. The second-order valence-electron chi connectivity index (χ2n) is 7.25. The molecule has 0 radical (unpaired) electrons. The van der Waals surface area contributed by atoms with E-state index in [1.807, 2.05) is 25.1 Å². The molecule has 4 rings (SSSR count). The average molecular weight is 434 g/mol. The summed E-state index contributed by atoms with van der Waals surface area (Å²) in [6.45, 7) is 5.88. The lowest BCUT2D eigenvalue weighted by Gasteiger charge is -2.39. The third kappa shape index (κ3) is 3.83. The molecule has 0 bridgehead atoms. The minimum absolute atomic E-state index is 0.100. The quantitative estimate of drug-likeness (QED) is 0.579. The number of aromatic hydroxyl groups is 1. The van der Waals surface area contributed by atoms with Crippen molar-refractivity contribution in [3.63, 3.8) is 0 Å². The SMILES string of the molecule is COc1ccc(OC)c([C@@H](c2sc3nc(C)nn3c2O)N2CCN(CCO)CC2)c1. The van der Waals surface area contributed by atoms with Gasteiger partial charge in [0.1, 0.15) is 17.3 Å². The lowest BCUT2D eigenvalue weighted by atomic mass is 10.0. The van der Waals surface area contributed by atoms with Crippen LogP contribution in [-0.2, 0) is 0 Å². The Kier molecular flexibility index (Phi) is 6.09. The molecule has 2 aromatic heterocycles. The van der Waals surface area contributed by atoms with Crippen LogP contribution >= 0.6 is 11.3 Å². The van der Waals surface area contributed by atoms with Gasteiger partial charge in [-0.05, 0) is 25.1 Å². The zero-order valence-corrected chi connectivity index (χ0v) is 18.2. The number of ether oxygens (including phenoxy) is 2. The Hall–Kier alpha value is -2.40. The van der Waals surface area contributed by atoms with Crippen LogP contribution in [0.1, 0.15) is 22.3 Å². The maximum atomic E-state index is 11.0. The third-order valence-electron chi connectivity index (χ3n) is 5.47. The van der Waals surface area contributed by atoms with Crippen LogP contribution in [0.3, 0.4) is 0 Å². The van der Waals surface area contributed by atoms with Crippen LogP contribution in [0.25, 0.3) is 4.96 Å². The molecule has 1 aliphatic rings. The predicted octanol–water partition coefficient (Wildman–Crippen LogP) is 1.52. The Morgan fingerprint density at radius 2 is 1.93 bits per heavy atom. The molecule has 3 heterocycles. The molecule has 1 fully saturated rings. The number of hydrogen-bond donors (Lipinski definition) is 2. The van der Waals surface area contributed by atoms with E-state index in [0.717, 1.165) is 48.1 Å². The van der Waals surface area contributed by atoms with Crippen LogP contribution in [-0.4, -0.2) is 88.2 Å². The van der Waals surface area contributed by atoms with Crippen molar-refractivity contribution in [1.29, 1.82) is 0 Å². The summed E-state index contributed by atoms with van der Waals surface area (Å²) in [4.78, 5) is 10.4. The Morgan fingerprint density at radius 1 is 1.17 bits per heavy atom. The topological polar surface area (TPSA) is 95.6 Å². The van der Waals surface area contributed by atoms with Gasteiger partial charge in [0.25, 0.3) is 0 Å². The van der Waals surface area contributed by atoms with Crippen LogP contribution in [0.2, 0.25) is 0 Å². The molecule has 3 aromatic rings. The first-order chi connectivity index (χ1) is 14.5. The van der Waals surface area contributed by atoms with Crippen molar-refractivity contribution in [3.8, 4) is 17.4 Å². The van der Waals surface area contributed by atoms with Gasteiger partial charge in [-0.15, -0.1) is 5.10 Å². The van der Waals surface area contributed by atoms with Gasteiger partial charge in [0.2, 0.25) is 10.8 Å². The fourth-order valence-corrected chi connectivity index (χ4v) is 5.12. The fraction of sp³-hybridized carbons (Fsp3) is 0.500. The predicted molar refractivity (Wildman–Crippen MR) is 114 cm³/mol. The number of hydrogen-bond acceptors (Lipinski definition) is 9. The molecule has 1 atom stereocenters. The van der Waals surface area contributed by atoms with E-state index in [9.17, 15) is 10.2 Å². The molecule has 10 heteroatoms. The Labute approximate surface area is 179 Å². The summed E-state index contributed by atoms with van der Waals surface area (Å²) < 4.78 is 12.6. The van der Waals surface area contributed by atoms with Crippen LogP contribution in [0.5, 0.6) is 17.4 Å². The normalized spacial score (nSPS) is 16.8. The fourth-order valence-electron chi connectivity index (χ4n) is 3.97. The van der Waals surface area contributed by atoms with E-state index in [1.165, 1.54) is 15.9 Å². The standard InChI is InChI=1S/C20H27N5O4S/c1-13-21-20-25(22-13)19(27)18(30-20)17(24-8-6-23(7-9-24)10-11-26)15-12-14(28-2)4-5-16(15)29-3/h4-5,12,17,26-27H,6-11H2,1-3H3/t17-/m0/s1. The minimum atomic E-state index is -0.236. The van der Waals surface area contributed by atoms with E-state index in [0.29, 0.717) is 17.3 Å². The number of aliphatic hydroxyl groups is 1. The first kappa shape index (κ1) is 20.9. The minimum Gasteiger partial charge on any atom is -0.497 e. The largest absolute Gasteiger partial charge is 0.497 e. The maximum absolute atomic E-state index is 11.0. The van der Waals surface area contributed by atoms with E-state index in [4.69, 9.17) is 9.47 Å². The highest BCUT2D eigenvalue weighted by Gasteiger charge is 2.33. The number of fused-ring (bicyclic) bond motifs is 1. The van der Waals surface area contributed by atoms with Gasteiger partial charge in [-0.1, -0.05) is 11.3 Å². The molecule has 0 spiro atoms. The number of β-amino-alcohol motifs (C(OH)–C–C–N with tert-alkyl or cyclic N) is 1. The van der Waals surface area contributed by atoms with Crippen molar-refractivity contribution < 1.29 is 19.7 Å². The van der Waals surface area contributed by atoms with E-state index in [-0.39, 0.29) is 18.5 Å². The molecular formula is C20H27N5O4S. The van der Waals surface area contributed by atoms with Crippen molar-refractivity contribution in [2.24, 2.45) is 0 Å². The molecule has 0 aliphatic carbocycles. The molecular weight excluding hydrogens is 406 g/mol. The van der Waals surface area contributed by atoms with Gasteiger partial charge in [0.15, 0.2) is 0 Å². The molecule has 1 aromatic carbocycles. The number of aryl methyl sites for hydroxylation is 1. The number of piperazine rings is 1. The summed E-state index contributed by atoms with van der Waals surface area (Å²) in [5.41, 5.74) is 0.920. The second-order valence-corrected chi connectivity index (χ2v) is 8.26. The Balaban J connectivity index is 1.79. The average Bonchev–Trinajstić information content (AvgIpc) is 3.26. The van der Waals surface area contributed by atoms with Crippen molar-refractivity contribution in [1.82, 2.24) is 24.4 Å². The highest BCUT2D eigenvalue weighted by molar-refractivity contribution is 7.17. The molecule has 1 aliphatic heterocycles. The van der Waals surface area contributed by atoms with Crippen molar-refractivity contribution in [3.05, 3.63) is 34.5 Å². The number of aliphatic hydroxyl groups excluding tert-OH is 1. The van der Waals surface area contributed by atoms with Gasteiger partial charge in [-0.3, -0.25) is 9.80 Å². The van der Waals surface area contributed by atoms with E-state index in [2.05, 4.69) is 19.9 Å². The van der Waals surface area contributed by atoms with Gasteiger partial charge in [0.05, 0.1) is 31.7 Å². The van der Waals surface area contributed by atoms with Crippen molar-refractivity contribution in [2.45, 2.75) is 13.0 Å². The summed E-state index contributed by atoms with van der Waals surface area (Å²) in [6, 6.07) is 5.48. The lowest BCUT2D eigenvalue weighted by Crippen LogP contribution is -2.48. The smallest absolute Gasteiger partial charge is 0.230 e. The number of methoxy groups -OCH3 is 2. The monoisotopic (exact) mass is 433 g/mol. The Morgan fingerprint density at radius 3 is 2.57 bits per heavy atom. The molecule has 1 saturated heterocycles. The molecule has 0 amide bonds. The van der Waals surface area contributed by atoms with Crippen molar-refractivity contribution >= 4 is 16.3 Å². The van der Waals surface area contributed by atoms with Crippen LogP contribution < -0.4 is 9.47 Å². The molecule has 30 heavy (non-hydrogen) atoms. The number of nitrogens with zero attached hydrogens (tertiary/aromatic N) is 5. The first-order valence-corrected chi connectivity index (χ1v) is 10.7. The number of benzene rings is 1. The highest BCUT2D eigenvalue weighted by atomic mass is 32.1. The van der Waals surface area contributed by atoms with Crippen LogP contribution in [0.15, 0.2) is 18.2 Å². The summed E-state index contributed by atoms with van der Waals surface area (Å²) in [7, 11) is 3.28. The van der Waals surface area contributed by atoms with E-state index >= 15 is 0 Å². The van der Waals surface area contributed by atoms with Crippen LogP contribution in [0, 0.1) is 6.92 Å². The zero-order valence-electron chi connectivity index (χ0n) is 17.4. The molecule has 0 saturated carbocycles. The van der Waals surface area contributed by atoms with Crippen molar-refractivity contribution in [2.75, 3.05) is 53.6 Å². The number of rotatable bonds is 7. The molecule has 2 N–H and O–H groups in total. The molecule has 9 nitrogen and oxygen atoms in total. The molecule has 0 unspecified atom stereocenters.